The van der Waals surface area contributed by atoms with Crippen molar-refractivity contribution in [2.75, 3.05) is 25.5 Å². The van der Waals surface area contributed by atoms with Crippen LogP contribution in [-0.2, 0) is 11.2 Å². The topological polar surface area (TPSA) is 23.6 Å². The molecule has 5 heteroatoms. The lowest BCUT2D eigenvalue weighted by molar-refractivity contribution is -0.129. The molecule has 104 valence electrons. The van der Waals surface area contributed by atoms with E-state index in [9.17, 15) is 13.6 Å². The summed E-state index contributed by atoms with van der Waals surface area (Å²) in [5.74, 6) is -1.11. The number of carbonyl (C=O) groups excluding carboxylic acids is 1. The maximum atomic E-state index is 12.8. The van der Waals surface area contributed by atoms with Crippen molar-refractivity contribution < 1.29 is 13.6 Å². The Balaban J connectivity index is 2.37. The number of aryl methyl sites for hydroxylation is 1. The highest BCUT2D eigenvalue weighted by atomic mass is 19.3. The molecular weight excluding hydrogens is 250 g/mol. The first kappa shape index (κ1) is 13.9. The van der Waals surface area contributed by atoms with Gasteiger partial charge in [-0.15, -0.1) is 0 Å². The van der Waals surface area contributed by atoms with Crippen molar-refractivity contribution in [2.24, 2.45) is 0 Å². The Hall–Kier alpha value is -1.49. The molecule has 0 aliphatic carbocycles. The summed E-state index contributed by atoms with van der Waals surface area (Å²) in [7, 11) is 3.82. The minimum atomic E-state index is -2.96. The predicted molar refractivity (Wildman–Crippen MR) is 70.6 cm³/mol. The first-order chi connectivity index (χ1) is 9.00. The maximum absolute atomic E-state index is 12.8. The van der Waals surface area contributed by atoms with Crippen LogP contribution in [0.4, 0.5) is 14.5 Å². The summed E-state index contributed by atoms with van der Waals surface area (Å²) in [6.07, 6.45) is -1.31. The molecule has 1 heterocycles. The van der Waals surface area contributed by atoms with Crippen molar-refractivity contribution in [2.45, 2.75) is 25.3 Å². The van der Waals surface area contributed by atoms with Crippen LogP contribution in [0.25, 0.3) is 0 Å². The number of alkyl halides is 2. The van der Waals surface area contributed by atoms with Gasteiger partial charge in [0.15, 0.2) is 0 Å². The molecule has 1 aliphatic heterocycles. The van der Waals surface area contributed by atoms with Crippen LogP contribution in [0, 0.1) is 0 Å². The lowest BCUT2D eigenvalue weighted by Crippen LogP contribution is -2.44. The van der Waals surface area contributed by atoms with Crippen LogP contribution < -0.4 is 4.90 Å². The van der Waals surface area contributed by atoms with Crippen LogP contribution in [0.2, 0.25) is 0 Å². The van der Waals surface area contributed by atoms with Crippen molar-refractivity contribution >= 4 is 11.6 Å². The van der Waals surface area contributed by atoms with Crippen LogP contribution in [0.1, 0.15) is 12.0 Å². The van der Waals surface area contributed by atoms with Crippen molar-refractivity contribution in [3.05, 3.63) is 29.8 Å². The fraction of sp³-hybridized carbons (Fsp3) is 0.500. The second-order valence-corrected chi connectivity index (χ2v) is 5.03. The second kappa shape index (κ2) is 5.65. The zero-order chi connectivity index (χ0) is 14.0. The van der Waals surface area contributed by atoms with E-state index in [1.807, 2.05) is 31.1 Å². The number of hydrogen-bond acceptors (Lipinski definition) is 2. The molecule has 1 aliphatic rings. The SMILES string of the molecule is CN(C)C1CCc2ccccc2N(C(=O)C(F)F)C1. The van der Waals surface area contributed by atoms with Crippen molar-refractivity contribution in [3.8, 4) is 0 Å². The largest absolute Gasteiger partial charge is 0.316 e. The number of fused-ring (bicyclic) bond motifs is 1. The summed E-state index contributed by atoms with van der Waals surface area (Å²) in [6.45, 7) is 0.313. The summed E-state index contributed by atoms with van der Waals surface area (Å²) in [5, 5.41) is 0. The van der Waals surface area contributed by atoms with E-state index < -0.39 is 12.3 Å². The fourth-order valence-corrected chi connectivity index (χ4v) is 2.46. The quantitative estimate of drug-likeness (QED) is 0.820. The Morgan fingerprint density at radius 2 is 2.05 bits per heavy atom. The molecule has 1 atom stereocenters. The van der Waals surface area contributed by atoms with E-state index in [0.29, 0.717) is 12.2 Å². The van der Waals surface area contributed by atoms with E-state index in [1.54, 1.807) is 12.1 Å². The molecule has 0 bridgehead atoms. The summed E-state index contributed by atoms with van der Waals surface area (Å²) in [6, 6.07) is 7.39. The van der Waals surface area contributed by atoms with Gasteiger partial charge in [0, 0.05) is 18.3 Å². The van der Waals surface area contributed by atoms with Crippen LogP contribution in [-0.4, -0.2) is 43.9 Å². The summed E-state index contributed by atoms with van der Waals surface area (Å²) in [4.78, 5) is 15.0. The molecule has 0 saturated carbocycles. The van der Waals surface area contributed by atoms with E-state index in [2.05, 4.69) is 0 Å². The number of para-hydroxylation sites is 1. The number of benzene rings is 1. The van der Waals surface area contributed by atoms with Gasteiger partial charge in [-0.25, -0.2) is 0 Å². The van der Waals surface area contributed by atoms with E-state index in [0.717, 1.165) is 18.4 Å². The Kier molecular flexibility index (Phi) is 4.14. The Morgan fingerprint density at radius 3 is 2.68 bits per heavy atom. The molecular formula is C14H18F2N2O. The number of amides is 1. The van der Waals surface area contributed by atoms with Crippen LogP contribution in [0.15, 0.2) is 24.3 Å². The van der Waals surface area contributed by atoms with Crippen LogP contribution >= 0.6 is 0 Å². The van der Waals surface area contributed by atoms with Gasteiger partial charge in [0.1, 0.15) is 0 Å². The van der Waals surface area contributed by atoms with E-state index >= 15 is 0 Å². The third kappa shape index (κ3) is 2.92. The average Bonchev–Trinajstić information content (AvgIpc) is 2.57. The maximum Gasteiger partial charge on any atom is 0.316 e. The van der Waals surface area contributed by atoms with Gasteiger partial charge in [0.2, 0.25) is 0 Å². The average molecular weight is 268 g/mol. The highest BCUT2D eigenvalue weighted by molar-refractivity contribution is 5.96. The molecule has 1 amide bonds. The number of anilines is 1. The molecule has 0 fully saturated rings. The number of rotatable bonds is 2. The molecule has 2 rings (SSSR count). The van der Waals surface area contributed by atoms with Crippen molar-refractivity contribution in [3.63, 3.8) is 0 Å². The Labute approximate surface area is 111 Å². The van der Waals surface area contributed by atoms with E-state index in [4.69, 9.17) is 0 Å². The van der Waals surface area contributed by atoms with Gasteiger partial charge in [0.25, 0.3) is 5.91 Å². The van der Waals surface area contributed by atoms with Gasteiger partial charge < -0.3 is 9.80 Å². The third-order valence-corrected chi connectivity index (χ3v) is 3.61. The number of halogens is 2. The summed E-state index contributed by atoms with van der Waals surface area (Å²) < 4.78 is 25.5. The lowest BCUT2D eigenvalue weighted by Gasteiger charge is -2.29. The standard InChI is InChI=1S/C14H18F2N2O/c1-17(2)11-8-7-10-5-3-4-6-12(10)18(9-11)14(19)13(15)16/h3-6,11,13H,7-9H2,1-2H3. The number of nitrogens with zero attached hydrogens (tertiary/aromatic N) is 2. The lowest BCUT2D eigenvalue weighted by atomic mass is 10.1. The fourth-order valence-electron chi connectivity index (χ4n) is 2.46. The number of likely N-dealkylation sites (N-methyl/N-ethyl adjacent to an activating group) is 1. The molecule has 0 N–H and O–H groups in total. The summed E-state index contributed by atoms with van der Waals surface area (Å²) >= 11 is 0. The monoisotopic (exact) mass is 268 g/mol. The Morgan fingerprint density at radius 1 is 1.37 bits per heavy atom. The Bertz CT molecular complexity index is 463. The molecule has 1 aromatic rings. The van der Waals surface area contributed by atoms with Gasteiger partial charge in [0.05, 0.1) is 0 Å². The minimum absolute atomic E-state index is 0.0927. The summed E-state index contributed by atoms with van der Waals surface area (Å²) in [5.41, 5.74) is 1.58. The third-order valence-electron chi connectivity index (χ3n) is 3.61. The van der Waals surface area contributed by atoms with Crippen molar-refractivity contribution in [1.82, 2.24) is 4.90 Å². The first-order valence-corrected chi connectivity index (χ1v) is 6.34. The molecule has 0 spiro atoms. The van der Waals surface area contributed by atoms with Crippen LogP contribution in [0.5, 0.6) is 0 Å². The first-order valence-electron chi connectivity index (χ1n) is 6.34. The number of carbonyl (C=O) groups is 1. The van der Waals surface area contributed by atoms with Crippen LogP contribution in [0.3, 0.4) is 0 Å². The smallest absolute Gasteiger partial charge is 0.306 e. The molecule has 0 saturated heterocycles. The highest BCUT2D eigenvalue weighted by Crippen LogP contribution is 2.28. The molecule has 0 aromatic heterocycles. The molecule has 1 unspecified atom stereocenters. The van der Waals surface area contributed by atoms with Gasteiger partial charge in [-0.3, -0.25) is 4.79 Å². The van der Waals surface area contributed by atoms with Gasteiger partial charge in [-0.1, -0.05) is 18.2 Å². The molecule has 19 heavy (non-hydrogen) atoms. The second-order valence-electron chi connectivity index (χ2n) is 5.03. The van der Waals surface area contributed by atoms with Gasteiger partial charge >= 0.3 is 6.43 Å². The molecule has 1 aromatic carbocycles. The van der Waals surface area contributed by atoms with E-state index in [-0.39, 0.29) is 6.04 Å². The van der Waals surface area contributed by atoms with Crippen molar-refractivity contribution in [1.29, 1.82) is 0 Å². The molecule has 0 radical (unpaired) electrons. The van der Waals surface area contributed by atoms with Gasteiger partial charge in [-0.2, -0.15) is 8.78 Å². The van der Waals surface area contributed by atoms with E-state index in [1.165, 1.54) is 4.90 Å². The zero-order valence-corrected chi connectivity index (χ0v) is 11.1. The predicted octanol–water partition coefficient (Wildman–Crippen LogP) is 2.16. The highest BCUT2D eigenvalue weighted by Gasteiger charge is 2.31. The zero-order valence-electron chi connectivity index (χ0n) is 11.1. The minimum Gasteiger partial charge on any atom is -0.306 e. The van der Waals surface area contributed by atoms with Gasteiger partial charge in [-0.05, 0) is 38.6 Å². The number of hydrogen-bond donors (Lipinski definition) is 0. The normalized spacial score (nSPS) is 19.5. The molecule has 3 nitrogen and oxygen atoms in total.